The van der Waals surface area contributed by atoms with Crippen LogP contribution in [0.3, 0.4) is 0 Å². The third kappa shape index (κ3) is 2.77. The molecule has 0 saturated heterocycles. The van der Waals surface area contributed by atoms with Crippen LogP contribution in [-0.4, -0.2) is 6.04 Å². The molecule has 0 aliphatic heterocycles. The van der Waals surface area contributed by atoms with E-state index < -0.39 is 0 Å². The summed E-state index contributed by atoms with van der Waals surface area (Å²) in [6.07, 6.45) is 5.34. The van der Waals surface area contributed by atoms with Crippen LogP contribution in [0.25, 0.3) is 0 Å². The van der Waals surface area contributed by atoms with E-state index in [1.165, 1.54) is 18.4 Å². The fourth-order valence-electron chi connectivity index (χ4n) is 2.12. The molecule has 1 aliphatic carbocycles. The molecule has 1 fully saturated rings. The maximum absolute atomic E-state index is 5.53. The molecule has 1 N–H and O–H groups in total. The first-order chi connectivity index (χ1) is 8.42. The second-order valence-corrected chi connectivity index (χ2v) is 4.70. The van der Waals surface area contributed by atoms with Crippen molar-refractivity contribution in [2.24, 2.45) is 0 Å². The summed E-state index contributed by atoms with van der Waals surface area (Å²) >= 11 is 0. The van der Waals surface area contributed by atoms with Gasteiger partial charge in [-0.25, -0.2) is 0 Å². The maximum atomic E-state index is 5.53. The molecule has 2 aromatic rings. The van der Waals surface area contributed by atoms with Crippen LogP contribution in [0.4, 0.5) is 0 Å². The third-order valence-electron chi connectivity index (χ3n) is 3.18. The van der Waals surface area contributed by atoms with Gasteiger partial charge in [-0.15, -0.1) is 0 Å². The van der Waals surface area contributed by atoms with Gasteiger partial charge >= 0.3 is 0 Å². The van der Waals surface area contributed by atoms with E-state index in [1.807, 2.05) is 6.07 Å². The van der Waals surface area contributed by atoms with E-state index in [0.717, 1.165) is 12.2 Å². The van der Waals surface area contributed by atoms with Crippen molar-refractivity contribution in [2.45, 2.75) is 31.3 Å². The van der Waals surface area contributed by atoms with E-state index in [2.05, 4.69) is 41.7 Å². The number of hydrogen-bond acceptors (Lipinski definition) is 2. The highest BCUT2D eigenvalue weighted by Crippen LogP contribution is 2.26. The van der Waals surface area contributed by atoms with Gasteiger partial charge in [0, 0.05) is 6.04 Å². The van der Waals surface area contributed by atoms with Gasteiger partial charge in [0.1, 0.15) is 5.76 Å². The van der Waals surface area contributed by atoms with Crippen molar-refractivity contribution in [2.75, 3.05) is 0 Å². The fourth-order valence-corrected chi connectivity index (χ4v) is 2.12. The molecule has 1 aromatic heterocycles. The third-order valence-corrected chi connectivity index (χ3v) is 3.18. The van der Waals surface area contributed by atoms with E-state index >= 15 is 0 Å². The molecule has 2 heteroatoms. The Morgan fingerprint density at radius 1 is 1.12 bits per heavy atom. The second-order valence-electron chi connectivity index (χ2n) is 4.70. The Labute approximate surface area is 102 Å². The molecule has 0 bridgehead atoms. The first-order valence-electron chi connectivity index (χ1n) is 6.25. The average Bonchev–Trinajstić information content (AvgIpc) is 3.01. The predicted molar refractivity (Wildman–Crippen MR) is 67.8 cm³/mol. The fraction of sp³-hybridized carbons (Fsp3) is 0.333. The Hall–Kier alpha value is -1.54. The molecule has 1 aromatic carbocycles. The van der Waals surface area contributed by atoms with Crippen LogP contribution >= 0.6 is 0 Å². The van der Waals surface area contributed by atoms with Gasteiger partial charge in [0.2, 0.25) is 0 Å². The smallest absolute Gasteiger partial charge is 0.121 e. The van der Waals surface area contributed by atoms with E-state index in [1.54, 1.807) is 6.26 Å². The molecule has 17 heavy (non-hydrogen) atoms. The molecule has 2 nitrogen and oxygen atoms in total. The second kappa shape index (κ2) is 4.76. The van der Waals surface area contributed by atoms with Crippen LogP contribution < -0.4 is 5.32 Å². The zero-order chi connectivity index (χ0) is 11.5. The minimum Gasteiger partial charge on any atom is -0.468 e. The van der Waals surface area contributed by atoms with Crippen molar-refractivity contribution >= 4 is 0 Å². The van der Waals surface area contributed by atoms with Gasteiger partial charge in [-0.2, -0.15) is 0 Å². The van der Waals surface area contributed by atoms with Gasteiger partial charge in [-0.1, -0.05) is 30.3 Å². The van der Waals surface area contributed by atoms with Gasteiger partial charge in [-0.05, 0) is 37.0 Å². The van der Waals surface area contributed by atoms with E-state index in [0.29, 0.717) is 12.1 Å². The van der Waals surface area contributed by atoms with Crippen LogP contribution in [0.2, 0.25) is 0 Å². The van der Waals surface area contributed by atoms with Gasteiger partial charge in [0.25, 0.3) is 0 Å². The molecule has 0 amide bonds. The highest BCUT2D eigenvalue weighted by molar-refractivity contribution is 5.19. The first kappa shape index (κ1) is 10.6. The average molecular weight is 227 g/mol. The summed E-state index contributed by atoms with van der Waals surface area (Å²) in [5.41, 5.74) is 1.35. The molecule has 1 saturated carbocycles. The van der Waals surface area contributed by atoms with Crippen molar-refractivity contribution in [1.82, 2.24) is 5.32 Å². The normalized spacial score (nSPS) is 16.9. The highest BCUT2D eigenvalue weighted by Gasteiger charge is 2.26. The molecule has 1 heterocycles. The van der Waals surface area contributed by atoms with Crippen LogP contribution in [0.15, 0.2) is 53.1 Å². The molecule has 0 spiro atoms. The van der Waals surface area contributed by atoms with Gasteiger partial charge in [0.15, 0.2) is 0 Å². The van der Waals surface area contributed by atoms with Crippen LogP contribution in [0.1, 0.15) is 30.2 Å². The van der Waals surface area contributed by atoms with Crippen molar-refractivity contribution in [3.63, 3.8) is 0 Å². The molecule has 88 valence electrons. The first-order valence-corrected chi connectivity index (χ1v) is 6.25. The summed E-state index contributed by atoms with van der Waals surface area (Å²) in [7, 11) is 0. The van der Waals surface area contributed by atoms with E-state index in [-0.39, 0.29) is 0 Å². The van der Waals surface area contributed by atoms with Gasteiger partial charge in [0.05, 0.1) is 12.3 Å². The number of furan rings is 1. The Morgan fingerprint density at radius 3 is 2.59 bits per heavy atom. The van der Waals surface area contributed by atoms with Crippen LogP contribution in [0.5, 0.6) is 0 Å². The van der Waals surface area contributed by atoms with Crippen molar-refractivity contribution in [1.29, 1.82) is 0 Å². The number of nitrogens with one attached hydrogen (secondary N) is 1. The van der Waals surface area contributed by atoms with Gasteiger partial charge < -0.3 is 9.73 Å². The van der Waals surface area contributed by atoms with E-state index in [9.17, 15) is 0 Å². The molecular formula is C15H17NO. The quantitative estimate of drug-likeness (QED) is 0.847. The highest BCUT2D eigenvalue weighted by atomic mass is 16.3. The lowest BCUT2D eigenvalue weighted by Crippen LogP contribution is -2.24. The summed E-state index contributed by atoms with van der Waals surface area (Å²) in [6.45, 7) is 0. The van der Waals surface area contributed by atoms with E-state index in [4.69, 9.17) is 4.42 Å². The molecule has 3 rings (SSSR count). The summed E-state index contributed by atoms with van der Waals surface area (Å²) < 4.78 is 5.53. The summed E-state index contributed by atoms with van der Waals surface area (Å²) in [5.74, 6) is 1.04. The number of hydrogen-bond donors (Lipinski definition) is 1. The topological polar surface area (TPSA) is 25.2 Å². The summed E-state index contributed by atoms with van der Waals surface area (Å²) in [6, 6.07) is 15.6. The predicted octanol–water partition coefficient (Wildman–Crippen LogP) is 3.32. The molecular weight excluding hydrogens is 210 g/mol. The molecule has 1 atom stereocenters. The Bertz CT molecular complexity index is 445. The summed E-state index contributed by atoms with van der Waals surface area (Å²) in [4.78, 5) is 0. The number of rotatable bonds is 5. The zero-order valence-electron chi connectivity index (χ0n) is 9.80. The Morgan fingerprint density at radius 2 is 1.94 bits per heavy atom. The minimum absolute atomic E-state index is 0.305. The SMILES string of the molecule is c1ccc(C[C@H](NC2CC2)c2ccco2)cc1. The van der Waals surface area contributed by atoms with Crippen molar-refractivity contribution in [3.05, 3.63) is 60.1 Å². The van der Waals surface area contributed by atoms with Crippen LogP contribution in [-0.2, 0) is 6.42 Å². The Balaban J connectivity index is 1.74. The standard InChI is InChI=1S/C15H17NO/c1-2-5-12(6-3-1)11-14(16-13-8-9-13)15-7-4-10-17-15/h1-7,10,13-14,16H,8-9,11H2/t14-/m0/s1. The molecule has 0 unspecified atom stereocenters. The lowest BCUT2D eigenvalue weighted by atomic mass is 10.0. The lowest BCUT2D eigenvalue weighted by Gasteiger charge is -2.16. The molecule has 1 aliphatic rings. The van der Waals surface area contributed by atoms with Crippen LogP contribution in [0, 0.1) is 0 Å². The zero-order valence-corrected chi connectivity index (χ0v) is 9.80. The van der Waals surface area contributed by atoms with Crippen molar-refractivity contribution < 1.29 is 4.42 Å². The Kier molecular flexibility index (Phi) is 2.97. The maximum Gasteiger partial charge on any atom is 0.121 e. The summed E-state index contributed by atoms with van der Waals surface area (Å²) in [5, 5.41) is 3.65. The minimum atomic E-state index is 0.305. The lowest BCUT2D eigenvalue weighted by molar-refractivity contribution is 0.408. The van der Waals surface area contributed by atoms with Gasteiger partial charge in [-0.3, -0.25) is 0 Å². The largest absolute Gasteiger partial charge is 0.468 e. The molecule has 0 radical (unpaired) electrons. The van der Waals surface area contributed by atoms with Crippen molar-refractivity contribution in [3.8, 4) is 0 Å². The monoisotopic (exact) mass is 227 g/mol. The number of benzene rings is 1.